The summed E-state index contributed by atoms with van der Waals surface area (Å²) in [6.45, 7) is -1.94. The zero-order chi connectivity index (χ0) is 36.8. The van der Waals surface area contributed by atoms with Crippen molar-refractivity contribution < 1.29 is 76.3 Å². The molecular weight excluding hydrogens is 724 g/mol. The van der Waals surface area contributed by atoms with Crippen LogP contribution in [0.15, 0.2) is 31.1 Å². The molecule has 0 aromatic carbocycles. The number of pyridine rings is 1. The van der Waals surface area contributed by atoms with E-state index in [0.29, 0.717) is 18.4 Å². The number of carbonyl (C=O) groups is 2. The summed E-state index contributed by atoms with van der Waals surface area (Å²) in [5.41, 5.74) is 12.1. The maximum absolute atomic E-state index is 12.5. The van der Waals surface area contributed by atoms with Crippen LogP contribution in [-0.4, -0.2) is 106 Å². The number of fused-ring (bicyclic) bond motifs is 1. The van der Waals surface area contributed by atoms with Crippen LogP contribution < -0.4 is 20.9 Å². The minimum atomic E-state index is -5.68. The predicted molar refractivity (Wildman–Crippen MR) is 163 cm³/mol. The molecule has 51 heavy (non-hydrogen) atoms. The van der Waals surface area contributed by atoms with E-state index in [0.717, 1.165) is 19.2 Å². The Kier molecular flexibility index (Phi) is 10.7. The van der Waals surface area contributed by atoms with Crippen molar-refractivity contribution in [3.05, 3.63) is 42.2 Å². The van der Waals surface area contributed by atoms with Gasteiger partial charge in [0.2, 0.25) is 0 Å². The number of aliphatic hydroxyl groups is 4. The van der Waals surface area contributed by atoms with Gasteiger partial charge in [0.25, 0.3) is 20.0 Å². The van der Waals surface area contributed by atoms with Crippen molar-refractivity contribution >= 4 is 44.3 Å². The van der Waals surface area contributed by atoms with Crippen molar-refractivity contribution in [2.75, 3.05) is 18.9 Å². The maximum Gasteiger partial charge on any atom is 0.478 e. The quantitative estimate of drug-likeness (QED) is 0.0746. The molecule has 5 heterocycles. The molecule has 1 amide bonds. The van der Waals surface area contributed by atoms with E-state index in [1.54, 1.807) is 0 Å². The zero-order valence-electron chi connectivity index (χ0n) is 26.4. The van der Waals surface area contributed by atoms with E-state index in [1.165, 1.54) is 33.9 Å². The second-order valence-electron chi connectivity index (χ2n) is 12.2. The van der Waals surface area contributed by atoms with E-state index in [1.807, 2.05) is 0 Å². The Balaban J connectivity index is 1.05. The Labute approximate surface area is 287 Å². The first-order chi connectivity index (χ1) is 24.1. The smallest absolute Gasteiger partial charge is 0.478 e. The molecule has 1 aliphatic carbocycles. The van der Waals surface area contributed by atoms with E-state index < -0.39 is 89.8 Å². The van der Waals surface area contributed by atoms with E-state index in [2.05, 4.69) is 23.8 Å². The highest BCUT2D eigenvalue weighted by Crippen LogP contribution is 2.58. The molecule has 3 aliphatic rings. The van der Waals surface area contributed by atoms with Crippen LogP contribution in [0, 0.1) is 0 Å². The van der Waals surface area contributed by atoms with E-state index in [4.69, 9.17) is 25.5 Å². The minimum absolute atomic E-state index is 0.00517. The van der Waals surface area contributed by atoms with Gasteiger partial charge in [-0.3, -0.25) is 23.2 Å². The molecule has 3 fully saturated rings. The highest BCUT2D eigenvalue weighted by atomic mass is 31.3. The molecule has 0 radical (unpaired) electrons. The number of ether oxygens (including phenoxy) is 2. The van der Waals surface area contributed by atoms with Gasteiger partial charge >= 0.3 is 7.82 Å². The first-order valence-electron chi connectivity index (χ1n) is 15.5. The molecule has 2 unspecified atom stereocenters. The number of rotatable bonds is 12. The fourth-order valence-corrected chi connectivity index (χ4v) is 8.33. The number of aliphatic hydroxyl groups excluding tert-OH is 4. The predicted octanol–water partition coefficient (Wildman–Crippen LogP) is -2.42. The van der Waals surface area contributed by atoms with Crippen molar-refractivity contribution in [1.82, 2.24) is 19.5 Å². The Morgan fingerprint density at radius 3 is 2.47 bits per heavy atom. The van der Waals surface area contributed by atoms with Gasteiger partial charge in [-0.25, -0.2) is 23.8 Å². The highest BCUT2D eigenvalue weighted by molar-refractivity contribution is 7.60. The topological polar surface area (TPSA) is 338 Å². The van der Waals surface area contributed by atoms with Gasteiger partial charge < -0.3 is 55.7 Å². The number of anilines is 1. The van der Waals surface area contributed by atoms with Crippen molar-refractivity contribution in [1.29, 1.82) is 0 Å². The number of phosphoric acid groups is 2. The minimum Gasteiger partial charge on any atom is -0.756 e. The lowest BCUT2D eigenvalue weighted by molar-refractivity contribution is -0.765. The van der Waals surface area contributed by atoms with Crippen LogP contribution in [0.2, 0.25) is 0 Å². The van der Waals surface area contributed by atoms with Crippen molar-refractivity contribution in [2.24, 2.45) is 5.73 Å². The summed E-state index contributed by atoms with van der Waals surface area (Å²) in [7, 11) is -11.2. The Morgan fingerprint density at radius 2 is 1.75 bits per heavy atom. The van der Waals surface area contributed by atoms with Crippen LogP contribution >= 0.6 is 15.6 Å². The number of aromatic nitrogens is 5. The summed E-state index contributed by atoms with van der Waals surface area (Å²) in [5.74, 6) is -1.38. The molecule has 3 aromatic rings. The number of primary amides is 1. The molecular formula is C27H35N7O15P2. The van der Waals surface area contributed by atoms with Gasteiger partial charge in [0.15, 0.2) is 36.2 Å². The van der Waals surface area contributed by atoms with Gasteiger partial charge in [-0.05, 0) is 18.4 Å². The maximum atomic E-state index is 12.5. The van der Waals surface area contributed by atoms with Gasteiger partial charge in [0.05, 0.1) is 19.5 Å². The average molecular weight is 760 g/mol. The lowest BCUT2D eigenvalue weighted by atomic mass is 9.81. The molecule has 6 rings (SSSR count). The summed E-state index contributed by atoms with van der Waals surface area (Å²) in [4.78, 5) is 59.2. The Bertz CT molecular complexity index is 1900. The summed E-state index contributed by atoms with van der Waals surface area (Å²) in [5, 5.41) is 42.2. The van der Waals surface area contributed by atoms with E-state index >= 15 is 0 Å². The third kappa shape index (κ3) is 7.74. The number of carbonyl (C=O) groups excluding carboxylic acids is 2. The van der Waals surface area contributed by atoms with Crippen LogP contribution in [0.4, 0.5) is 5.82 Å². The number of phosphoric ester groups is 2. The number of amides is 1. The molecule has 9 N–H and O–H groups in total. The number of ketones is 1. The van der Waals surface area contributed by atoms with Crippen LogP contribution in [0.3, 0.4) is 0 Å². The van der Waals surface area contributed by atoms with Crippen LogP contribution in [0.1, 0.15) is 60.0 Å². The fourth-order valence-electron chi connectivity index (χ4n) is 6.27. The van der Waals surface area contributed by atoms with Gasteiger partial charge in [-0.2, -0.15) is 4.57 Å². The lowest BCUT2D eigenvalue weighted by Crippen LogP contribution is -2.47. The molecule has 2 saturated heterocycles. The Hall–Kier alpha value is -3.34. The van der Waals surface area contributed by atoms with Crippen LogP contribution in [0.25, 0.3) is 11.2 Å². The second-order valence-corrected chi connectivity index (χ2v) is 15.2. The van der Waals surface area contributed by atoms with Crippen molar-refractivity contribution in [3.63, 3.8) is 0 Å². The largest absolute Gasteiger partial charge is 0.756 e. The number of nitrogens with zero attached hydrogens (tertiary/aromatic N) is 5. The number of Topliss-reactive ketones (excluding diaryl/α,β-unsaturated/α-hetero) is 1. The monoisotopic (exact) mass is 759 g/mol. The highest BCUT2D eigenvalue weighted by Gasteiger charge is 2.50. The summed E-state index contributed by atoms with van der Waals surface area (Å²) in [6, 6.07) is 1.49. The van der Waals surface area contributed by atoms with Crippen LogP contribution in [-0.2, 0) is 36.8 Å². The molecule has 1 saturated carbocycles. The SMILES string of the molecule is NC(=O)c1c[n+]([C@@H]2O[C@H](COP(=O)([O-])OP(=O)(O)OC[C@H]3O[C@@H](n4cnc5c(N)ncnc54)[C@H](O)[C@@H]3O)[C@@H](O)[C@H]2O)ccc1[C@@H]1CCCCC1=O. The van der Waals surface area contributed by atoms with E-state index in [9.17, 15) is 48.9 Å². The first kappa shape index (κ1) is 37.4. The van der Waals surface area contributed by atoms with Crippen molar-refractivity contribution in [3.8, 4) is 0 Å². The zero-order valence-corrected chi connectivity index (χ0v) is 28.2. The van der Waals surface area contributed by atoms with Gasteiger partial charge in [-0.15, -0.1) is 0 Å². The van der Waals surface area contributed by atoms with Gasteiger partial charge in [0.1, 0.15) is 53.7 Å². The fraction of sp³-hybridized carbons (Fsp3) is 0.556. The average Bonchev–Trinajstić information content (AvgIpc) is 3.72. The number of nitrogens with two attached hydrogens (primary N) is 2. The number of hydrogen-bond donors (Lipinski definition) is 7. The van der Waals surface area contributed by atoms with Gasteiger partial charge in [-0.1, -0.05) is 6.42 Å². The number of imidazole rings is 1. The lowest BCUT2D eigenvalue weighted by Gasteiger charge is -2.26. The molecule has 11 atom stereocenters. The van der Waals surface area contributed by atoms with Crippen molar-refractivity contribution in [2.45, 2.75) is 80.7 Å². The molecule has 0 spiro atoms. The van der Waals surface area contributed by atoms with Crippen LogP contribution in [0.5, 0.6) is 0 Å². The standard InChI is InChI=1S/C27H35N7O15P2/c28-23-18-25(31-10-30-23)34(11-32-18)27-22(39)20(37)17(48-27)9-46-51(43,44)49-50(41,42)45-8-16-19(36)21(38)26(47-16)33-6-5-12(14(7-33)24(29)40)13-3-1-2-4-15(13)35/h5-7,10-11,13,16-17,19-22,26-27,36-39H,1-4,8-9H2,(H5-,28,29,30,31,40,41,42,43,44)/t13-,16+,17+,19+,20+,21+,22+,26+,27+/m0/s1. The summed E-state index contributed by atoms with van der Waals surface area (Å²) >= 11 is 0. The normalized spacial score (nSPS) is 32.2. The summed E-state index contributed by atoms with van der Waals surface area (Å²) in [6.07, 6.45) is -4.97. The third-order valence-corrected chi connectivity index (χ3v) is 11.4. The molecule has 22 nitrogen and oxygen atoms in total. The molecule has 3 aromatic heterocycles. The second kappa shape index (κ2) is 14.6. The third-order valence-electron chi connectivity index (χ3n) is 8.84. The summed E-state index contributed by atoms with van der Waals surface area (Å²) < 4.78 is 52.2. The molecule has 278 valence electrons. The first-order valence-corrected chi connectivity index (χ1v) is 18.5. The molecule has 24 heteroatoms. The molecule has 0 bridgehead atoms. The molecule has 2 aliphatic heterocycles. The van der Waals surface area contributed by atoms with E-state index in [-0.39, 0.29) is 28.3 Å². The Morgan fingerprint density at radius 1 is 1.04 bits per heavy atom. The van der Waals surface area contributed by atoms with Gasteiger partial charge in [0, 0.05) is 18.4 Å². The number of hydrogen-bond acceptors (Lipinski definition) is 18. The number of nitrogen functional groups attached to an aromatic ring is 1.